The standard InChI is InChI=1S/C13H18ClN3/c1-2-3-8-17-13(14)11(9-15)12(16-17)10-6-4-5-7-10/h10H,2-8H2,1H3. The lowest BCUT2D eigenvalue weighted by atomic mass is 10.0. The van der Waals surface area contributed by atoms with Gasteiger partial charge in [-0.1, -0.05) is 37.8 Å². The second kappa shape index (κ2) is 5.55. The van der Waals surface area contributed by atoms with Crippen LogP contribution in [0.1, 0.15) is 62.6 Å². The van der Waals surface area contributed by atoms with Crippen LogP contribution in [0.3, 0.4) is 0 Å². The molecule has 92 valence electrons. The molecule has 0 amide bonds. The first-order valence-electron chi connectivity index (χ1n) is 6.44. The Hall–Kier alpha value is -1.01. The summed E-state index contributed by atoms with van der Waals surface area (Å²) in [5, 5.41) is 14.3. The third-order valence-corrected chi connectivity index (χ3v) is 3.88. The highest BCUT2D eigenvalue weighted by Crippen LogP contribution is 2.36. The Kier molecular flexibility index (Phi) is 4.06. The number of halogens is 1. The van der Waals surface area contributed by atoms with Crippen molar-refractivity contribution in [1.29, 1.82) is 5.26 Å². The van der Waals surface area contributed by atoms with Gasteiger partial charge in [0.25, 0.3) is 0 Å². The van der Waals surface area contributed by atoms with Crippen LogP contribution in [0.2, 0.25) is 5.15 Å². The van der Waals surface area contributed by atoms with Crippen LogP contribution in [-0.4, -0.2) is 9.78 Å². The fourth-order valence-corrected chi connectivity index (χ4v) is 2.76. The Morgan fingerprint density at radius 3 is 2.76 bits per heavy atom. The van der Waals surface area contributed by atoms with E-state index in [4.69, 9.17) is 11.6 Å². The molecule has 0 saturated heterocycles. The SMILES string of the molecule is CCCCn1nc(C2CCCC2)c(C#N)c1Cl. The molecule has 0 N–H and O–H groups in total. The maximum absolute atomic E-state index is 9.21. The van der Waals surface area contributed by atoms with E-state index in [9.17, 15) is 5.26 Å². The zero-order valence-electron chi connectivity index (χ0n) is 10.2. The molecule has 0 atom stereocenters. The molecule has 1 aromatic heterocycles. The highest BCUT2D eigenvalue weighted by molar-refractivity contribution is 6.30. The van der Waals surface area contributed by atoms with Crippen molar-refractivity contribution in [1.82, 2.24) is 9.78 Å². The van der Waals surface area contributed by atoms with Crippen molar-refractivity contribution in [3.8, 4) is 6.07 Å². The van der Waals surface area contributed by atoms with E-state index in [1.807, 2.05) is 0 Å². The molecule has 1 aliphatic carbocycles. The minimum atomic E-state index is 0.449. The van der Waals surface area contributed by atoms with Gasteiger partial charge in [-0.2, -0.15) is 10.4 Å². The summed E-state index contributed by atoms with van der Waals surface area (Å²) >= 11 is 6.22. The van der Waals surface area contributed by atoms with Crippen LogP contribution in [0.25, 0.3) is 0 Å². The lowest BCUT2D eigenvalue weighted by Gasteiger charge is -2.04. The van der Waals surface area contributed by atoms with Crippen LogP contribution in [0.15, 0.2) is 0 Å². The average Bonchev–Trinajstić information content (AvgIpc) is 2.94. The molecule has 0 bridgehead atoms. The van der Waals surface area contributed by atoms with Gasteiger partial charge in [0.05, 0.1) is 5.69 Å². The second-order valence-electron chi connectivity index (χ2n) is 4.72. The predicted octanol–water partition coefficient (Wildman–Crippen LogP) is 3.87. The molecule has 0 radical (unpaired) electrons. The molecule has 0 unspecified atom stereocenters. The van der Waals surface area contributed by atoms with E-state index in [0.29, 0.717) is 16.6 Å². The van der Waals surface area contributed by atoms with Crippen LogP contribution < -0.4 is 0 Å². The van der Waals surface area contributed by atoms with Crippen LogP contribution in [0.4, 0.5) is 0 Å². The first-order chi connectivity index (χ1) is 8.27. The summed E-state index contributed by atoms with van der Waals surface area (Å²) in [6.07, 6.45) is 6.95. The maximum Gasteiger partial charge on any atom is 0.145 e. The van der Waals surface area contributed by atoms with E-state index in [0.717, 1.165) is 37.9 Å². The summed E-state index contributed by atoms with van der Waals surface area (Å²) in [6, 6.07) is 2.22. The van der Waals surface area contributed by atoms with Crippen molar-refractivity contribution in [2.24, 2.45) is 0 Å². The quantitative estimate of drug-likeness (QED) is 0.815. The van der Waals surface area contributed by atoms with Gasteiger partial charge in [-0.15, -0.1) is 0 Å². The molecule has 17 heavy (non-hydrogen) atoms. The first kappa shape index (κ1) is 12.4. The van der Waals surface area contributed by atoms with Crippen molar-refractivity contribution in [3.05, 3.63) is 16.4 Å². The number of rotatable bonds is 4. The van der Waals surface area contributed by atoms with Gasteiger partial charge in [0.2, 0.25) is 0 Å². The zero-order chi connectivity index (χ0) is 12.3. The monoisotopic (exact) mass is 251 g/mol. The van der Waals surface area contributed by atoms with E-state index >= 15 is 0 Å². The summed E-state index contributed by atoms with van der Waals surface area (Å²) in [7, 11) is 0. The normalized spacial score (nSPS) is 16.3. The Morgan fingerprint density at radius 2 is 2.18 bits per heavy atom. The third kappa shape index (κ3) is 2.47. The molecule has 0 aromatic carbocycles. The molecule has 4 heteroatoms. The van der Waals surface area contributed by atoms with E-state index in [1.165, 1.54) is 12.8 Å². The molecule has 1 heterocycles. The van der Waals surface area contributed by atoms with Crippen LogP contribution in [-0.2, 0) is 6.54 Å². The van der Waals surface area contributed by atoms with Gasteiger partial charge < -0.3 is 0 Å². The van der Waals surface area contributed by atoms with Crippen molar-refractivity contribution >= 4 is 11.6 Å². The van der Waals surface area contributed by atoms with Gasteiger partial charge >= 0.3 is 0 Å². The van der Waals surface area contributed by atoms with Gasteiger partial charge in [-0.05, 0) is 19.3 Å². The fraction of sp³-hybridized carbons (Fsp3) is 0.692. The molecule has 3 nitrogen and oxygen atoms in total. The van der Waals surface area contributed by atoms with Crippen LogP contribution in [0, 0.1) is 11.3 Å². The topological polar surface area (TPSA) is 41.6 Å². The molecule has 1 aliphatic rings. The van der Waals surface area contributed by atoms with Gasteiger partial charge in [0.15, 0.2) is 0 Å². The Labute approximate surface area is 107 Å². The lowest BCUT2D eigenvalue weighted by molar-refractivity contribution is 0.555. The number of hydrogen-bond acceptors (Lipinski definition) is 2. The highest BCUT2D eigenvalue weighted by Gasteiger charge is 2.26. The number of nitriles is 1. The number of aryl methyl sites for hydroxylation is 1. The Balaban J connectivity index is 2.28. The summed E-state index contributed by atoms with van der Waals surface area (Å²) < 4.78 is 1.80. The Bertz CT molecular complexity index is 425. The Morgan fingerprint density at radius 1 is 1.47 bits per heavy atom. The van der Waals surface area contributed by atoms with E-state index in [2.05, 4.69) is 18.1 Å². The van der Waals surface area contributed by atoms with Crippen LogP contribution in [0.5, 0.6) is 0 Å². The number of unbranched alkanes of at least 4 members (excludes halogenated alkanes) is 1. The van der Waals surface area contributed by atoms with E-state index in [1.54, 1.807) is 4.68 Å². The van der Waals surface area contributed by atoms with Crippen molar-refractivity contribution in [2.75, 3.05) is 0 Å². The summed E-state index contributed by atoms with van der Waals surface area (Å²) in [4.78, 5) is 0. The number of nitrogens with zero attached hydrogens (tertiary/aromatic N) is 3. The summed E-state index contributed by atoms with van der Waals surface area (Å²) in [5.74, 6) is 0.449. The predicted molar refractivity (Wildman–Crippen MR) is 68.1 cm³/mol. The maximum atomic E-state index is 9.21. The third-order valence-electron chi connectivity index (χ3n) is 3.49. The summed E-state index contributed by atoms with van der Waals surface area (Å²) in [6.45, 7) is 2.96. The molecule has 0 spiro atoms. The highest BCUT2D eigenvalue weighted by atomic mass is 35.5. The smallest absolute Gasteiger partial charge is 0.145 e. The van der Waals surface area contributed by atoms with Crippen molar-refractivity contribution < 1.29 is 0 Å². The zero-order valence-corrected chi connectivity index (χ0v) is 11.0. The fourth-order valence-electron chi connectivity index (χ4n) is 2.50. The van der Waals surface area contributed by atoms with E-state index in [-0.39, 0.29) is 0 Å². The van der Waals surface area contributed by atoms with E-state index < -0.39 is 0 Å². The summed E-state index contributed by atoms with van der Waals surface area (Å²) in [5.41, 5.74) is 1.54. The molecule has 1 saturated carbocycles. The molecule has 1 aromatic rings. The largest absolute Gasteiger partial charge is 0.252 e. The minimum Gasteiger partial charge on any atom is -0.252 e. The van der Waals surface area contributed by atoms with Gasteiger partial charge in [-0.25, -0.2) is 0 Å². The minimum absolute atomic E-state index is 0.449. The average molecular weight is 252 g/mol. The molecular weight excluding hydrogens is 234 g/mol. The number of hydrogen-bond donors (Lipinski definition) is 0. The molecule has 0 aliphatic heterocycles. The van der Waals surface area contributed by atoms with Crippen molar-refractivity contribution in [3.63, 3.8) is 0 Å². The molecule has 1 fully saturated rings. The van der Waals surface area contributed by atoms with Gasteiger partial charge in [0, 0.05) is 12.5 Å². The van der Waals surface area contributed by atoms with Crippen molar-refractivity contribution in [2.45, 2.75) is 57.9 Å². The van der Waals surface area contributed by atoms with Crippen LogP contribution >= 0.6 is 11.6 Å². The van der Waals surface area contributed by atoms with Gasteiger partial charge in [0.1, 0.15) is 16.8 Å². The first-order valence-corrected chi connectivity index (χ1v) is 6.82. The molecular formula is C13H18ClN3. The molecule has 2 rings (SSSR count). The lowest BCUT2D eigenvalue weighted by Crippen LogP contribution is -2.02. The number of aromatic nitrogens is 2. The second-order valence-corrected chi connectivity index (χ2v) is 5.08. The van der Waals surface area contributed by atoms with Gasteiger partial charge in [-0.3, -0.25) is 4.68 Å².